The van der Waals surface area contributed by atoms with Crippen LogP contribution in [0.5, 0.6) is 0 Å². The van der Waals surface area contributed by atoms with Crippen molar-refractivity contribution >= 4 is 22.0 Å². The molecule has 0 bridgehead atoms. The number of esters is 2. The van der Waals surface area contributed by atoms with Gasteiger partial charge in [-0.05, 0) is 103 Å². The lowest BCUT2D eigenvalue weighted by Crippen LogP contribution is -2.32. The number of sulfonamides is 1. The molecule has 1 heterocycles. The first kappa shape index (κ1) is 60.0. The van der Waals surface area contributed by atoms with Crippen LogP contribution < -0.4 is 4.72 Å². The normalized spacial score (nSPS) is 12.4. The van der Waals surface area contributed by atoms with Crippen molar-refractivity contribution in [3.8, 4) is 0 Å². The quantitative estimate of drug-likeness (QED) is 0.0501. The molecule has 0 aromatic carbocycles. The average molecular weight is 925 g/mol. The van der Waals surface area contributed by atoms with Gasteiger partial charge in [-0.2, -0.15) is 5.10 Å². The zero-order chi connectivity index (χ0) is 46.8. The van der Waals surface area contributed by atoms with E-state index in [1.165, 1.54) is 120 Å². The molecule has 1 aromatic rings. The van der Waals surface area contributed by atoms with Crippen molar-refractivity contribution < 1.29 is 32.2 Å². The second kappa shape index (κ2) is 42.3. The zero-order valence-electron chi connectivity index (χ0n) is 42.2. The SMILES string of the molecule is CCCCCCCCC(CC)OC(=O)CCCCCCCN(CCCCCCCC(=O)OC(CCCCCCCC)CCCCCCCC)CCCNS(=O)(=O)c1ccnn1COC. The van der Waals surface area contributed by atoms with Crippen LogP contribution in [-0.4, -0.2) is 80.5 Å². The van der Waals surface area contributed by atoms with Gasteiger partial charge in [-0.15, -0.1) is 0 Å². The molecule has 0 saturated carbocycles. The van der Waals surface area contributed by atoms with Crippen molar-refractivity contribution in [3.05, 3.63) is 12.3 Å². The van der Waals surface area contributed by atoms with E-state index in [9.17, 15) is 18.0 Å². The Hall–Kier alpha value is -2.02. The smallest absolute Gasteiger partial charge is 0.306 e. The van der Waals surface area contributed by atoms with Crippen LogP contribution in [0.25, 0.3) is 0 Å². The van der Waals surface area contributed by atoms with Crippen molar-refractivity contribution in [3.63, 3.8) is 0 Å². The van der Waals surface area contributed by atoms with Gasteiger partial charge in [0.25, 0.3) is 10.0 Å². The Balaban J connectivity index is 2.49. The maximum Gasteiger partial charge on any atom is 0.306 e. The van der Waals surface area contributed by atoms with Crippen LogP contribution in [-0.2, 0) is 40.6 Å². The van der Waals surface area contributed by atoms with Crippen LogP contribution in [0.3, 0.4) is 0 Å². The van der Waals surface area contributed by atoms with E-state index in [0.717, 1.165) is 129 Å². The minimum Gasteiger partial charge on any atom is -0.462 e. The number of methoxy groups -OCH3 is 1. The first-order valence-corrected chi connectivity index (χ1v) is 28.3. The number of carbonyl (C=O) groups excluding carboxylic acids is 2. The Morgan fingerprint density at radius 3 is 1.45 bits per heavy atom. The van der Waals surface area contributed by atoms with E-state index >= 15 is 0 Å². The van der Waals surface area contributed by atoms with Crippen molar-refractivity contribution in [2.45, 2.75) is 276 Å². The lowest BCUT2D eigenvalue weighted by atomic mass is 10.0. The summed E-state index contributed by atoms with van der Waals surface area (Å²) >= 11 is 0. The molecule has 12 heteroatoms. The summed E-state index contributed by atoms with van der Waals surface area (Å²) in [6, 6.07) is 1.49. The molecular formula is C52H100N4O7S. The van der Waals surface area contributed by atoms with E-state index < -0.39 is 10.0 Å². The van der Waals surface area contributed by atoms with Crippen molar-refractivity contribution in [1.82, 2.24) is 19.4 Å². The average Bonchev–Trinajstić information content (AvgIpc) is 3.76. The molecule has 0 fully saturated rings. The van der Waals surface area contributed by atoms with Gasteiger partial charge in [-0.1, -0.05) is 163 Å². The molecule has 1 atom stereocenters. The third-order valence-electron chi connectivity index (χ3n) is 12.5. The van der Waals surface area contributed by atoms with Gasteiger partial charge in [0.2, 0.25) is 0 Å². The number of rotatable bonds is 48. The summed E-state index contributed by atoms with van der Waals surface area (Å²) in [6.45, 7) is 12.0. The summed E-state index contributed by atoms with van der Waals surface area (Å²) in [5, 5.41) is 4.17. The van der Waals surface area contributed by atoms with Gasteiger partial charge in [0, 0.05) is 26.5 Å². The maximum absolute atomic E-state index is 13.0. The third kappa shape index (κ3) is 33.4. The summed E-state index contributed by atoms with van der Waals surface area (Å²) in [4.78, 5) is 27.9. The first-order chi connectivity index (χ1) is 31.2. The Morgan fingerprint density at radius 1 is 0.578 bits per heavy atom. The van der Waals surface area contributed by atoms with Crippen LogP contribution in [0.2, 0.25) is 0 Å². The molecule has 64 heavy (non-hydrogen) atoms. The number of aromatic nitrogens is 2. The second-order valence-electron chi connectivity index (χ2n) is 18.5. The van der Waals surface area contributed by atoms with E-state index in [1.54, 1.807) is 0 Å². The third-order valence-corrected chi connectivity index (χ3v) is 14.0. The Bertz CT molecular complexity index is 1310. The molecule has 1 unspecified atom stereocenters. The molecule has 0 aliphatic heterocycles. The van der Waals surface area contributed by atoms with E-state index in [2.05, 4.69) is 42.4 Å². The summed E-state index contributed by atoms with van der Waals surface area (Å²) in [5.74, 6) is -0.0650. The van der Waals surface area contributed by atoms with Crippen LogP contribution in [0.15, 0.2) is 17.3 Å². The molecular weight excluding hydrogens is 825 g/mol. The standard InChI is InChI=1S/C52H100N4O7S/c1-6-10-13-16-21-28-36-48(9-4)62-51(57)39-31-24-19-26-33-44-55(46-35-42-54-64(59,60)50-41-43-53-56(50)47-61-5)45-34-27-20-25-32-40-52(58)63-49(37-29-22-17-14-11-7-2)38-30-23-18-15-12-8-3/h41,43,48-49,54H,6-40,42,44-47H2,1-5H3. The maximum atomic E-state index is 13.0. The summed E-state index contributed by atoms with van der Waals surface area (Å²) in [6.07, 6.45) is 40.2. The predicted molar refractivity (Wildman–Crippen MR) is 265 cm³/mol. The molecule has 0 radical (unpaired) electrons. The highest BCUT2D eigenvalue weighted by atomic mass is 32.2. The number of hydrogen-bond donors (Lipinski definition) is 1. The molecule has 0 aliphatic carbocycles. The van der Waals surface area contributed by atoms with Gasteiger partial charge in [0.15, 0.2) is 5.03 Å². The first-order valence-electron chi connectivity index (χ1n) is 26.8. The Labute approximate surface area is 394 Å². The topological polar surface area (TPSA) is 129 Å². The molecule has 0 amide bonds. The predicted octanol–water partition coefficient (Wildman–Crippen LogP) is 13.6. The van der Waals surface area contributed by atoms with Crippen molar-refractivity contribution in [2.24, 2.45) is 0 Å². The molecule has 1 rings (SSSR count). The number of carbonyl (C=O) groups is 2. The number of nitrogens with one attached hydrogen (secondary N) is 1. The summed E-state index contributed by atoms with van der Waals surface area (Å²) < 4.78 is 47.0. The van der Waals surface area contributed by atoms with Crippen molar-refractivity contribution in [2.75, 3.05) is 33.3 Å². The largest absolute Gasteiger partial charge is 0.462 e. The van der Waals surface area contributed by atoms with Crippen LogP contribution in [0.1, 0.15) is 252 Å². The number of unbranched alkanes of at least 4 members (excludes halogenated alkanes) is 23. The zero-order valence-corrected chi connectivity index (χ0v) is 43.0. The molecule has 376 valence electrons. The highest BCUT2D eigenvalue weighted by Gasteiger charge is 2.19. The van der Waals surface area contributed by atoms with Gasteiger partial charge in [-0.25, -0.2) is 17.8 Å². The number of hydrogen-bond acceptors (Lipinski definition) is 9. The van der Waals surface area contributed by atoms with Gasteiger partial charge in [0.1, 0.15) is 18.9 Å². The molecule has 0 spiro atoms. The van der Waals surface area contributed by atoms with Gasteiger partial charge < -0.3 is 19.1 Å². The minimum absolute atomic E-state index is 0.0178. The molecule has 0 aliphatic rings. The molecule has 1 N–H and O–H groups in total. The summed E-state index contributed by atoms with van der Waals surface area (Å²) in [7, 11) is -2.18. The summed E-state index contributed by atoms with van der Waals surface area (Å²) in [5.41, 5.74) is 0. The molecule has 0 saturated heterocycles. The van der Waals surface area contributed by atoms with Gasteiger partial charge in [-0.3, -0.25) is 9.59 Å². The van der Waals surface area contributed by atoms with Gasteiger partial charge >= 0.3 is 11.9 Å². The number of ether oxygens (including phenoxy) is 3. The van der Waals surface area contributed by atoms with Crippen molar-refractivity contribution in [1.29, 1.82) is 0 Å². The fraction of sp³-hybridized carbons (Fsp3) is 0.904. The lowest BCUT2D eigenvalue weighted by Gasteiger charge is -2.22. The highest BCUT2D eigenvalue weighted by molar-refractivity contribution is 7.89. The van der Waals surface area contributed by atoms with E-state index in [0.29, 0.717) is 25.8 Å². The Kier molecular flexibility index (Phi) is 39.7. The number of nitrogens with zero attached hydrogens (tertiary/aromatic N) is 3. The van der Waals surface area contributed by atoms with E-state index in [4.69, 9.17) is 14.2 Å². The second-order valence-corrected chi connectivity index (χ2v) is 20.2. The van der Waals surface area contributed by atoms with Gasteiger partial charge in [0.05, 0.1) is 6.20 Å². The van der Waals surface area contributed by atoms with E-state index in [-0.39, 0.29) is 35.9 Å². The fourth-order valence-corrected chi connectivity index (χ4v) is 9.69. The monoisotopic (exact) mass is 925 g/mol. The molecule has 11 nitrogen and oxygen atoms in total. The highest BCUT2D eigenvalue weighted by Crippen LogP contribution is 2.19. The minimum atomic E-state index is -3.69. The Morgan fingerprint density at radius 2 is 0.984 bits per heavy atom. The molecule has 1 aromatic heterocycles. The lowest BCUT2D eigenvalue weighted by molar-refractivity contribution is -0.150. The van der Waals surface area contributed by atoms with Crippen LogP contribution in [0.4, 0.5) is 0 Å². The fourth-order valence-electron chi connectivity index (χ4n) is 8.51. The van der Waals surface area contributed by atoms with Crippen LogP contribution >= 0.6 is 0 Å². The van der Waals surface area contributed by atoms with E-state index in [1.807, 2.05) is 0 Å². The van der Waals surface area contributed by atoms with Crippen LogP contribution in [0, 0.1) is 0 Å².